The first-order valence-corrected chi connectivity index (χ1v) is 5.73. The minimum atomic E-state index is 0.681. The van der Waals surface area contributed by atoms with Crippen LogP contribution in [-0.2, 0) is 6.42 Å². The second-order valence-corrected chi connectivity index (χ2v) is 3.80. The summed E-state index contributed by atoms with van der Waals surface area (Å²) in [7, 11) is 0. The smallest absolute Gasteiger partial charge is 0.119 e. The molecule has 0 fully saturated rings. The van der Waals surface area contributed by atoms with Gasteiger partial charge in [0.2, 0.25) is 0 Å². The van der Waals surface area contributed by atoms with Crippen LogP contribution in [0.25, 0.3) is 0 Å². The highest BCUT2D eigenvalue weighted by molar-refractivity contribution is 5.41. The maximum absolute atomic E-state index is 5.81. The zero-order valence-electron chi connectivity index (χ0n) is 9.67. The average Bonchev–Trinajstić information content (AvgIpc) is 2.38. The molecule has 88 valence electrons. The third-order valence-electron chi connectivity index (χ3n) is 2.50. The molecule has 1 aromatic heterocycles. The molecule has 17 heavy (non-hydrogen) atoms. The van der Waals surface area contributed by atoms with E-state index in [0.717, 1.165) is 30.0 Å². The fraction of sp³-hybridized carbons (Fsp3) is 0.214. The topological polar surface area (TPSA) is 48.1 Å². The van der Waals surface area contributed by atoms with Gasteiger partial charge in [-0.15, -0.1) is 0 Å². The Morgan fingerprint density at radius 3 is 2.65 bits per heavy atom. The Morgan fingerprint density at radius 2 is 1.88 bits per heavy atom. The summed E-state index contributed by atoms with van der Waals surface area (Å²) in [5.41, 5.74) is 7.52. The van der Waals surface area contributed by atoms with E-state index >= 15 is 0 Å². The van der Waals surface area contributed by atoms with Crippen molar-refractivity contribution in [2.45, 2.75) is 12.8 Å². The number of nitrogens with zero attached hydrogens (tertiary/aromatic N) is 1. The van der Waals surface area contributed by atoms with Crippen LogP contribution in [0.5, 0.6) is 5.75 Å². The predicted octanol–water partition coefficient (Wildman–Crippen LogP) is 2.68. The summed E-state index contributed by atoms with van der Waals surface area (Å²) in [6, 6.07) is 13.5. The molecule has 0 saturated carbocycles. The van der Waals surface area contributed by atoms with Crippen LogP contribution >= 0.6 is 0 Å². The summed E-state index contributed by atoms with van der Waals surface area (Å²) < 4.78 is 5.60. The highest BCUT2D eigenvalue weighted by Gasteiger charge is 1.99. The minimum absolute atomic E-state index is 0.681. The van der Waals surface area contributed by atoms with Gasteiger partial charge in [-0.25, -0.2) is 0 Å². The van der Waals surface area contributed by atoms with Gasteiger partial charge in [0.15, 0.2) is 0 Å². The second-order valence-electron chi connectivity index (χ2n) is 3.80. The van der Waals surface area contributed by atoms with E-state index in [1.807, 2.05) is 42.5 Å². The van der Waals surface area contributed by atoms with Gasteiger partial charge >= 0.3 is 0 Å². The number of nitrogen functional groups attached to an aromatic ring is 1. The lowest BCUT2D eigenvalue weighted by Crippen LogP contribution is -2.02. The van der Waals surface area contributed by atoms with Crippen molar-refractivity contribution in [1.29, 1.82) is 0 Å². The van der Waals surface area contributed by atoms with Gasteiger partial charge in [-0.05, 0) is 37.1 Å². The molecule has 0 radical (unpaired) electrons. The van der Waals surface area contributed by atoms with Gasteiger partial charge in [0.1, 0.15) is 5.75 Å². The van der Waals surface area contributed by atoms with Crippen LogP contribution in [0.4, 0.5) is 5.69 Å². The first-order valence-electron chi connectivity index (χ1n) is 5.73. The van der Waals surface area contributed by atoms with Crippen molar-refractivity contribution in [3.8, 4) is 5.75 Å². The number of hydrogen-bond acceptors (Lipinski definition) is 3. The Labute approximate surface area is 101 Å². The summed E-state index contributed by atoms with van der Waals surface area (Å²) in [4.78, 5) is 4.24. The molecular weight excluding hydrogens is 212 g/mol. The highest BCUT2D eigenvalue weighted by atomic mass is 16.5. The number of aromatic nitrogens is 1. The van der Waals surface area contributed by atoms with Gasteiger partial charge in [-0.1, -0.05) is 18.2 Å². The fourth-order valence-corrected chi connectivity index (χ4v) is 1.61. The molecule has 0 aliphatic carbocycles. The van der Waals surface area contributed by atoms with Gasteiger partial charge in [0, 0.05) is 6.20 Å². The van der Waals surface area contributed by atoms with Crippen LogP contribution in [0, 0.1) is 0 Å². The summed E-state index contributed by atoms with van der Waals surface area (Å²) in [6.07, 6.45) is 3.53. The molecular formula is C14H16N2O. The number of para-hydroxylation sites is 1. The molecule has 1 aromatic carbocycles. The van der Waals surface area contributed by atoms with E-state index in [9.17, 15) is 0 Å². The molecule has 3 heteroatoms. The monoisotopic (exact) mass is 228 g/mol. The average molecular weight is 228 g/mol. The second kappa shape index (κ2) is 5.89. The van der Waals surface area contributed by atoms with Crippen molar-refractivity contribution in [3.63, 3.8) is 0 Å². The van der Waals surface area contributed by atoms with Crippen LogP contribution in [0.2, 0.25) is 0 Å². The standard InChI is InChI=1S/C14H16N2O/c15-13-8-4-10-16-14(13)9-5-11-17-12-6-2-1-3-7-12/h1-4,6-8,10H,5,9,11,15H2. The Kier molecular flexibility index (Phi) is 3.97. The van der Waals surface area contributed by atoms with Crippen LogP contribution in [0.1, 0.15) is 12.1 Å². The Bertz CT molecular complexity index is 457. The Balaban J connectivity index is 1.76. The first kappa shape index (κ1) is 11.5. The number of aryl methyl sites for hydroxylation is 1. The van der Waals surface area contributed by atoms with Gasteiger partial charge in [0.25, 0.3) is 0 Å². The van der Waals surface area contributed by atoms with Crippen molar-refractivity contribution < 1.29 is 4.74 Å². The van der Waals surface area contributed by atoms with E-state index in [4.69, 9.17) is 10.5 Å². The summed E-state index contributed by atoms with van der Waals surface area (Å²) in [6.45, 7) is 0.681. The number of ether oxygens (including phenoxy) is 1. The maximum atomic E-state index is 5.81. The molecule has 0 atom stereocenters. The van der Waals surface area contributed by atoms with Crippen molar-refractivity contribution in [2.24, 2.45) is 0 Å². The van der Waals surface area contributed by atoms with E-state index < -0.39 is 0 Å². The third kappa shape index (κ3) is 3.48. The Morgan fingerprint density at radius 1 is 1.06 bits per heavy atom. The van der Waals surface area contributed by atoms with E-state index in [0.29, 0.717) is 6.61 Å². The van der Waals surface area contributed by atoms with Crippen LogP contribution < -0.4 is 10.5 Å². The molecule has 0 bridgehead atoms. The first-order chi connectivity index (χ1) is 8.36. The lowest BCUT2D eigenvalue weighted by molar-refractivity contribution is 0.310. The molecule has 2 rings (SSSR count). The van der Waals surface area contributed by atoms with Gasteiger partial charge < -0.3 is 10.5 Å². The number of benzene rings is 1. The zero-order valence-corrected chi connectivity index (χ0v) is 9.67. The van der Waals surface area contributed by atoms with E-state index in [1.165, 1.54) is 0 Å². The minimum Gasteiger partial charge on any atom is -0.494 e. The molecule has 0 spiro atoms. The lowest BCUT2D eigenvalue weighted by Gasteiger charge is -2.06. The van der Waals surface area contributed by atoms with E-state index in [-0.39, 0.29) is 0 Å². The summed E-state index contributed by atoms with van der Waals surface area (Å²) >= 11 is 0. The number of nitrogens with two attached hydrogens (primary N) is 1. The quantitative estimate of drug-likeness (QED) is 0.800. The van der Waals surface area contributed by atoms with Gasteiger partial charge in [0.05, 0.1) is 18.0 Å². The SMILES string of the molecule is Nc1cccnc1CCCOc1ccccc1. The summed E-state index contributed by atoms with van der Waals surface area (Å²) in [5, 5.41) is 0. The fourth-order valence-electron chi connectivity index (χ4n) is 1.61. The number of anilines is 1. The largest absolute Gasteiger partial charge is 0.494 e. The molecule has 0 saturated heterocycles. The van der Waals surface area contributed by atoms with Crippen molar-refractivity contribution in [2.75, 3.05) is 12.3 Å². The zero-order chi connectivity index (χ0) is 11.9. The molecule has 0 aliphatic rings. The highest BCUT2D eigenvalue weighted by Crippen LogP contribution is 2.11. The number of rotatable bonds is 5. The maximum Gasteiger partial charge on any atom is 0.119 e. The predicted molar refractivity (Wildman–Crippen MR) is 68.9 cm³/mol. The van der Waals surface area contributed by atoms with Crippen LogP contribution in [0.15, 0.2) is 48.7 Å². The van der Waals surface area contributed by atoms with Crippen molar-refractivity contribution >= 4 is 5.69 Å². The third-order valence-corrected chi connectivity index (χ3v) is 2.50. The normalized spacial score (nSPS) is 10.1. The molecule has 2 N–H and O–H groups in total. The Hall–Kier alpha value is -2.03. The number of hydrogen-bond donors (Lipinski definition) is 1. The molecule has 0 amide bonds. The summed E-state index contributed by atoms with van der Waals surface area (Å²) in [5.74, 6) is 0.904. The van der Waals surface area contributed by atoms with Crippen molar-refractivity contribution in [3.05, 3.63) is 54.4 Å². The van der Waals surface area contributed by atoms with Crippen LogP contribution in [0.3, 0.4) is 0 Å². The van der Waals surface area contributed by atoms with Gasteiger partial charge in [-0.2, -0.15) is 0 Å². The molecule has 2 aromatic rings. The molecule has 0 aliphatic heterocycles. The van der Waals surface area contributed by atoms with Gasteiger partial charge in [-0.3, -0.25) is 4.98 Å². The van der Waals surface area contributed by atoms with Crippen molar-refractivity contribution in [1.82, 2.24) is 4.98 Å². The van der Waals surface area contributed by atoms with E-state index in [2.05, 4.69) is 4.98 Å². The molecule has 0 unspecified atom stereocenters. The number of pyridine rings is 1. The molecule has 3 nitrogen and oxygen atoms in total. The molecule has 1 heterocycles. The van der Waals surface area contributed by atoms with E-state index in [1.54, 1.807) is 6.20 Å². The lowest BCUT2D eigenvalue weighted by atomic mass is 10.2. The van der Waals surface area contributed by atoms with Crippen LogP contribution in [-0.4, -0.2) is 11.6 Å².